The van der Waals surface area contributed by atoms with Gasteiger partial charge in [-0.05, 0) is 55.2 Å². The number of likely N-dealkylation sites (tertiary alicyclic amines) is 1. The third-order valence-corrected chi connectivity index (χ3v) is 8.53. The molecule has 2 aromatic rings. The molecule has 2 saturated heterocycles. The van der Waals surface area contributed by atoms with Gasteiger partial charge < -0.3 is 19.1 Å². The maximum Gasteiger partial charge on any atom is 0.254 e. The molecule has 0 radical (unpaired) electrons. The van der Waals surface area contributed by atoms with Crippen molar-refractivity contribution in [2.45, 2.75) is 30.7 Å². The fraction of sp³-hybridized carbons (Fsp3) is 0.458. The molecule has 0 aliphatic carbocycles. The van der Waals surface area contributed by atoms with Crippen molar-refractivity contribution in [1.29, 1.82) is 0 Å². The number of amides is 1. The summed E-state index contributed by atoms with van der Waals surface area (Å²) in [5, 5.41) is 0. The molecule has 33 heavy (non-hydrogen) atoms. The predicted octanol–water partition coefficient (Wildman–Crippen LogP) is 2.76. The highest BCUT2D eigenvalue weighted by Gasteiger charge is 2.33. The standard InChI is InChI=1S/C24H28N2O6S/c1-17-4-5-19(16-23(17)33(28,29)25-9-11-30-12-10-25)24(27)26-8-2-3-20(26)18-6-7-21-22(15-18)32-14-13-31-21/h4-7,15-16,20H,2-3,8-14H2,1H3/t20-/m0/s1. The molecule has 5 rings (SSSR count). The largest absolute Gasteiger partial charge is 0.486 e. The molecule has 3 aliphatic heterocycles. The van der Waals surface area contributed by atoms with E-state index in [0.29, 0.717) is 62.9 Å². The van der Waals surface area contributed by atoms with Crippen LogP contribution in [-0.4, -0.2) is 69.6 Å². The molecule has 3 heterocycles. The van der Waals surface area contributed by atoms with Crippen LogP contribution in [0.1, 0.15) is 40.4 Å². The van der Waals surface area contributed by atoms with Crippen LogP contribution in [0.5, 0.6) is 11.5 Å². The first-order chi connectivity index (χ1) is 15.9. The van der Waals surface area contributed by atoms with Crippen molar-refractivity contribution in [2.75, 3.05) is 46.1 Å². The van der Waals surface area contributed by atoms with Gasteiger partial charge in [0.25, 0.3) is 5.91 Å². The van der Waals surface area contributed by atoms with Crippen molar-refractivity contribution >= 4 is 15.9 Å². The molecule has 9 heteroatoms. The van der Waals surface area contributed by atoms with Crippen LogP contribution in [0.25, 0.3) is 0 Å². The minimum absolute atomic E-state index is 0.0890. The Morgan fingerprint density at radius 2 is 1.70 bits per heavy atom. The fourth-order valence-electron chi connectivity index (χ4n) is 4.73. The number of ether oxygens (including phenoxy) is 3. The molecule has 3 aliphatic rings. The van der Waals surface area contributed by atoms with Crippen LogP contribution in [0.15, 0.2) is 41.3 Å². The van der Waals surface area contributed by atoms with Gasteiger partial charge in [-0.3, -0.25) is 4.79 Å². The second kappa shape index (κ2) is 8.96. The quantitative estimate of drug-likeness (QED) is 0.680. The lowest BCUT2D eigenvalue weighted by atomic mass is 10.0. The highest BCUT2D eigenvalue weighted by atomic mass is 32.2. The van der Waals surface area contributed by atoms with Crippen molar-refractivity contribution in [2.24, 2.45) is 0 Å². The summed E-state index contributed by atoms with van der Waals surface area (Å²) in [5.41, 5.74) is 2.01. The van der Waals surface area contributed by atoms with Crippen LogP contribution < -0.4 is 9.47 Å². The van der Waals surface area contributed by atoms with Crippen molar-refractivity contribution in [1.82, 2.24) is 9.21 Å². The third kappa shape index (κ3) is 4.20. The lowest BCUT2D eigenvalue weighted by Gasteiger charge is -2.28. The van der Waals surface area contributed by atoms with E-state index in [1.54, 1.807) is 19.1 Å². The first kappa shape index (κ1) is 22.2. The topological polar surface area (TPSA) is 85.4 Å². The normalized spacial score (nSPS) is 21.2. The zero-order chi connectivity index (χ0) is 23.0. The molecule has 2 aromatic carbocycles. The third-order valence-electron chi connectivity index (χ3n) is 6.49. The molecule has 8 nitrogen and oxygen atoms in total. The molecule has 176 valence electrons. The maximum atomic E-state index is 13.5. The molecule has 0 saturated carbocycles. The maximum absolute atomic E-state index is 13.5. The van der Waals surface area contributed by atoms with Gasteiger partial charge in [-0.1, -0.05) is 12.1 Å². The van der Waals surface area contributed by atoms with Crippen molar-refractivity contribution in [3.63, 3.8) is 0 Å². The van der Waals surface area contributed by atoms with Gasteiger partial charge in [0, 0.05) is 25.2 Å². The number of sulfonamides is 1. The van der Waals surface area contributed by atoms with Crippen LogP contribution in [-0.2, 0) is 14.8 Å². The van der Waals surface area contributed by atoms with Gasteiger partial charge in [0.2, 0.25) is 10.0 Å². The summed E-state index contributed by atoms with van der Waals surface area (Å²) >= 11 is 0. The summed E-state index contributed by atoms with van der Waals surface area (Å²) in [7, 11) is -3.70. The molecule has 1 amide bonds. The summed E-state index contributed by atoms with van der Waals surface area (Å²) < 4.78 is 44.6. The van der Waals surface area contributed by atoms with Gasteiger partial charge in [0.05, 0.1) is 24.2 Å². The SMILES string of the molecule is Cc1ccc(C(=O)N2CCC[C@H]2c2ccc3c(c2)OCCO3)cc1S(=O)(=O)N1CCOCC1. The molecular weight excluding hydrogens is 444 g/mol. The van der Waals surface area contributed by atoms with E-state index < -0.39 is 10.0 Å². The molecule has 1 atom stereocenters. The Bertz CT molecular complexity index is 1160. The van der Waals surface area contributed by atoms with E-state index in [2.05, 4.69) is 0 Å². The number of benzene rings is 2. The van der Waals surface area contributed by atoms with E-state index in [9.17, 15) is 13.2 Å². The number of hydrogen-bond acceptors (Lipinski definition) is 6. The Morgan fingerprint density at radius 1 is 0.939 bits per heavy atom. The highest BCUT2D eigenvalue weighted by molar-refractivity contribution is 7.89. The molecule has 0 aromatic heterocycles. The lowest BCUT2D eigenvalue weighted by molar-refractivity contribution is 0.0727. The van der Waals surface area contributed by atoms with Gasteiger partial charge in [-0.25, -0.2) is 8.42 Å². The van der Waals surface area contributed by atoms with Crippen molar-refractivity contribution in [3.05, 3.63) is 53.1 Å². The zero-order valence-electron chi connectivity index (χ0n) is 18.7. The van der Waals surface area contributed by atoms with Crippen LogP contribution in [0.2, 0.25) is 0 Å². The van der Waals surface area contributed by atoms with Crippen molar-refractivity contribution in [3.8, 4) is 11.5 Å². The van der Waals surface area contributed by atoms with Gasteiger partial charge in [0.1, 0.15) is 13.2 Å². The predicted molar refractivity (Wildman–Crippen MR) is 121 cm³/mol. The molecule has 0 bridgehead atoms. The number of rotatable bonds is 4. The van der Waals surface area contributed by atoms with E-state index in [0.717, 1.165) is 24.2 Å². The minimum Gasteiger partial charge on any atom is -0.486 e. The number of carbonyl (C=O) groups is 1. The number of morpholine rings is 1. The number of aryl methyl sites for hydroxylation is 1. The number of nitrogens with zero attached hydrogens (tertiary/aromatic N) is 2. The second-order valence-corrected chi connectivity index (χ2v) is 10.5. The highest BCUT2D eigenvalue weighted by Crippen LogP contribution is 2.39. The second-order valence-electron chi connectivity index (χ2n) is 8.56. The fourth-order valence-corrected chi connectivity index (χ4v) is 6.39. The van der Waals surface area contributed by atoms with E-state index in [-0.39, 0.29) is 16.8 Å². The lowest BCUT2D eigenvalue weighted by Crippen LogP contribution is -2.41. The summed E-state index contributed by atoms with van der Waals surface area (Å²) in [5.74, 6) is 1.26. The first-order valence-corrected chi connectivity index (χ1v) is 12.8. The summed E-state index contributed by atoms with van der Waals surface area (Å²) in [6, 6.07) is 10.7. The van der Waals surface area contributed by atoms with Crippen LogP contribution in [0.3, 0.4) is 0 Å². The first-order valence-electron chi connectivity index (χ1n) is 11.3. The van der Waals surface area contributed by atoms with E-state index in [4.69, 9.17) is 14.2 Å². The van der Waals surface area contributed by atoms with Gasteiger partial charge in [-0.15, -0.1) is 0 Å². The Hall–Kier alpha value is -2.62. The van der Waals surface area contributed by atoms with Crippen molar-refractivity contribution < 1.29 is 27.4 Å². The van der Waals surface area contributed by atoms with Crippen LogP contribution in [0.4, 0.5) is 0 Å². The van der Waals surface area contributed by atoms with Gasteiger partial charge in [-0.2, -0.15) is 4.31 Å². The number of hydrogen-bond donors (Lipinski definition) is 0. The average Bonchev–Trinajstić information content (AvgIpc) is 3.34. The summed E-state index contributed by atoms with van der Waals surface area (Å²) in [4.78, 5) is 15.5. The monoisotopic (exact) mass is 472 g/mol. The molecule has 2 fully saturated rings. The Morgan fingerprint density at radius 3 is 2.48 bits per heavy atom. The van der Waals surface area contributed by atoms with Gasteiger partial charge >= 0.3 is 0 Å². The smallest absolute Gasteiger partial charge is 0.254 e. The minimum atomic E-state index is -3.70. The van der Waals surface area contributed by atoms with Crippen LogP contribution >= 0.6 is 0 Å². The average molecular weight is 473 g/mol. The van der Waals surface area contributed by atoms with Crippen LogP contribution in [0, 0.1) is 6.92 Å². The Balaban J connectivity index is 1.42. The van der Waals surface area contributed by atoms with E-state index in [1.165, 1.54) is 10.4 Å². The Labute approximate surface area is 194 Å². The molecule has 0 spiro atoms. The summed E-state index contributed by atoms with van der Waals surface area (Å²) in [6.07, 6.45) is 1.73. The van der Waals surface area contributed by atoms with Gasteiger partial charge in [0.15, 0.2) is 11.5 Å². The molecule has 0 N–H and O–H groups in total. The Kier molecular flexibility index (Phi) is 6.03. The number of carbonyl (C=O) groups excluding carboxylic acids is 1. The molecular formula is C24H28N2O6S. The molecule has 0 unspecified atom stereocenters. The zero-order valence-corrected chi connectivity index (χ0v) is 19.5. The van der Waals surface area contributed by atoms with E-state index >= 15 is 0 Å². The number of fused-ring (bicyclic) bond motifs is 1. The summed E-state index contributed by atoms with van der Waals surface area (Å²) in [6.45, 7) is 4.81. The van der Waals surface area contributed by atoms with E-state index in [1.807, 2.05) is 23.1 Å².